The van der Waals surface area contributed by atoms with E-state index in [4.69, 9.17) is 45.3 Å². The predicted molar refractivity (Wildman–Crippen MR) is 194 cm³/mol. The number of nitrogens with zero attached hydrogens (tertiary/aromatic N) is 3. The maximum atomic E-state index is 12.2. The van der Waals surface area contributed by atoms with Gasteiger partial charge in [-0.3, -0.25) is 14.1 Å². The van der Waals surface area contributed by atoms with Gasteiger partial charge in [0.1, 0.15) is 0 Å². The summed E-state index contributed by atoms with van der Waals surface area (Å²) in [7, 11) is -1.00. The summed E-state index contributed by atoms with van der Waals surface area (Å²) >= 11 is 6.67. The van der Waals surface area contributed by atoms with E-state index in [2.05, 4.69) is 41.5 Å². The predicted octanol–water partition coefficient (Wildman–Crippen LogP) is 10.5. The van der Waals surface area contributed by atoms with E-state index >= 15 is 0 Å². The van der Waals surface area contributed by atoms with Crippen LogP contribution in [-0.2, 0) is 36.0 Å². The molecule has 0 amide bonds. The summed E-state index contributed by atoms with van der Waals surface area (Å²) in [4.78, 5) is 55.3. The van der Waals surface area contributed by atoms with Gasteiger partial charge < -0.3 is 30.8 Å². The zero-order valence-corrected chi connectivity index (χ0v) is 33.2. The minimum atomic E-state index is -1.00. The molecule has 0 bridgehead atoms. The average molecular weight is 889 g/mol. The van der Waals surface area contributed by atoms with Gasteiger partial charge in [0.15, 0.2) is 11.4 Å². The van der Waals surface area contributed by atoms with Gasteiger partial charge in [0, 0.05) is 8.95 Å². The van der Waals surface area contributed by atoms with Crippen molar-refractivity contribution >= 4 is 67.1 Å². The molecule has 282 valence electrons. The second-order valence-corrected chi connectivity index (χ2v) is 11.6. The molecule has 0 heterocycles. The summed E-state index contributed by atoms with van der Waals surface area (Å²) in [6.45, 7) is 28.1. The van der Waals surface area contributed by atoms with E-state index in [1.54, 1.807) is 12.1 Å². The second-order valence-electron chi connectivity index (χ2n) is 9.88. The van der Waals surface area contributed by atoms with Crippen LogP contribution in [-0.4, -0.2) is 57.5 Å². The zero-order chi connectivity index (χ0) is 39.2. The SMILES string of the molecule is CCCCOC(=O)c1cc(Br)c(Br)cc1C(=O)OCCCC.[2H]CF.[C-]#N.[C-]#[N+]c1cc(C(=O)OCCCC)c(C(=O)OCCCC)cc1[N+]#[C-].[Cu+]. The minimum Gasteiger partial charge on any atom is -0.512 e. The molecule has 2 aromatic rings. The van der Waals surface area contributed by atoms with Gasteiger partial charge in [-0.05, 0) is 69.7 Å². The standard InChI is InChI=1S/C18H20N2O4.C16H20Br2O4.CH3F.CN.Cu/c1-5-7-9-23-17(21)13-11-15(19-3)16(20-4)12-14(13)18(22)24-10-8-6-2;1-3-5-7-21-15(19)11-9-13(17)14(18)10-12(11)16(20)22-8-6-4-2;2*1-2;/h11-12H,5-10H2,1-2H3;9-10H,3-8H2,1-2H3;1H3;;/q;;;-1;+1/i;;1D;;. The van der Waals surface area contributed by atoms with Crippen LogP contribution in [0, 0.1) is 25.0 Å². The van der Waals surface area contributed by atoms with E-state index < -0.39 is 31.0 Å². The normalized spacial score (nSPS) is 9.43. The fourth-order valence-electron chi connectivity index (χ4n) is 3.53. The summed E-state index contributed by atoms with van der Waals surface area (Å²) in [5.41, 5.74) is 0.382. The first-order chi connectivity index (χ1) is 24.5. The van der Waals surface area contributed by atoms with Crippen LogP contribution in [0.4, 0.5) is 15.8 Å². The van der Waals surface area contributed by atoms with Crippen LogP contribution in [0.1, 0.15) is 122 Å². The molecule has 0 saturated carbocycles. The second kappa shape index (κ2) is 32.1. The van der Waals surface area contributed by atoms with E-state index in [0.717, 1.165) is 38.5 Å². The molecule has 0 spiro atoms. The van der Waals surface area contributed by atoms with E-state index in [1.165, 1.54) is 12.1 Å². The Morgan fingerprint density at radius 1 is 0.627 bits per heavy atom. The van der Waals surface area contributed by atoms with Gasteiger partial charge in [-0.15, -0.1) is 0 Å². The van der Waals surface area contributed by atoms with Crippen molar-refractivity contribution in [2.75, 3.05) is 33.6 Å². The molecule has 0 aliphatic carbocycles. The molecule has 0 fully saturated rings. The number of hydrogen-bond acceptors (Lipinski definition) is 9. The van der Waals surface area contributed by atoms with Gasteiger partial charge in [-0.25, -0.2) is 19.2 Å². The van der Waals surface area contributed by atoms with Crippen molar-refractivity contribution in [3.05, 3.63) is 84.9 Å². The number of benzene rings is 2. The Hall–Kier alpha value is -3.80. The molecule has 0 radical (unpaired) electrons. The molecule has 0 aliphatic heterocycles. The molecule has 51 heavy (non-hydrogen) atoms. The van der Waals surface area contributed by atoms with Crippen LogP contribution >= 0.6 is 31.9 Å². The van der Waals surface area contributed by atoms with Gasteiger partial charge >= 0.3 is 40.9 Å². The van der Waals surface area contributed by atoms with Crippen LogP contribution in [0.5, 0.6) is 0 Å². The smallest absolute Gasteiger partial charge is 0.512 e. The van der Waals surface area contributed by atoms with Crippen molar-refractivity contribution in [2.45, 2.75) is 79.1 Å². The Kier molecular flexibility index (Phi) is 31.1. The molecule has 0 atom stereocenters. The van der Waals surface area contributed by atoms with Crippen LogP contribution < -0.4 is 0 Å². The largest absolute Gasteiger partial charge is 1.00 e. The molecule has 0 aliphatic rings. The third-order valence-corrected chi connectivity index (χ3v) is 8.06. The van der Waals surface area contributed by atoms with Gasteiger partial charge in [0.25, 0.3) is 0 Å². The molecule has 2 aromatic carbocycles. The number of ether oxygens (including phenoxy) is 4. The topological polar surface area (TPSA) is 138 Å². The number of halogens is 3. The molecule has 15 heteroatoms. The third-order valence-electron chi connectivity index (χ3n) is 6.22. The summed E-state index contributed by atoms with van der Waals surface area (Å²) in [5.74, 6) is -2.40. The monoisotopic (exact) mass is 886 g/mol. The van der Waals surface area contributed by atoms with Crippen molar-refractivity contribution in [2.24, 2.45) is 0 Å². The molecule has 0 N–H and O–H groups in total. The van der Waals surface area contributed by atoms with Crippen molar-refractivity contribution in [1.82, 2.24) is 0 Å². The first-order valence-corrected chi connectivity index (χ1v) is 17.3. The molecule has 0 unspecified atom stereocenters. The first kappa shape index (κ1) is 49.3. The number of hydrogen-bond donors (Lipinski definition) is 0. The number of carbonyl (C=O) groups excluding carboxylic acids is 4. The van der Waals surface area contributed by atoms with Crippen molar-refractivity contribution in [3.8, 4) is 0 Å². The number of esters is 4. The minimum absolute atomic E-state index is 0. The summed E-state index contributed by atoms with van der Waals surface area (Å²) in [5, 5.41) is 6.25. The van der Waals surface area contributed by atoms with Crippen LogP contribution in [0.25, 0.3) is 9.69 Å². The first-order valence-electron chi connectivity index (χ1n) is 16.4. The van der Waals surface area contributed by atoms with E-state index in [1.807, 2.05) is 27.7 Å². The van der Waals surface area contributed by atoms with Gasteiger partial charge in [-0.1, -0.05) is 65.5 Å². The van der Waals surface area contributed by atoms with Crippen LogP contribution in [0.2, 0.25) is 0 Å². The van der Waals surface area contributed by atoms with E-state index in [0.29, 0.717) is 35.0 Å². The fraction of sp³-hybridized carbons (Fsp3) is 0.472. The van der Waals surface area contributed by atoms with Crippen molar-refractivity contribution < 1.29 is 61.0 Å². The number of alkyl halides is 1. The number of unbranched alkanes of at least 4 members (excludes halogenated alkanes) is 4. The Morgan fingerprint density at radius 2 is 0.843 bits per heavy atom. The molecular weight excluding hydrogens is 845 g/mol. The number of carbonyl (C=O) groups is 4. The summed E-state index contributed by atoms with van der Waals surface area (Å²) in [6.07, 6.45) is 6.59. The van der Waals surface area contributed by atoms with Gasteiger partial charge in [0.05, 0.1) is 70.3 Å². The Morgan fingerprint density at radius 3 is 1.04 bits per heavy atom. The van der Waals surface area contributed by atoms with Crippen LogP contribution in [0.3, 0.4) is 0 Å². The average Bonchev–Trinajstić information content (AvgIpc) is 3.13. The van der Waals surface area contributed by atoms with E-state index in [-0.39, 0.29) is 63.9 Å². The summed E-state index contributed by atoms with van der Waals surface area (Å²) < 4.78 is 37.5. The van der Waals surface area contributed by atoms with Gasteiger partial charge in [0.2, 0.25) is 0 Å². The van der Waals surface area contributed by atoms with E-state index in [9.17, 15) is 23.6 Å². The molecule has 11 nitrogen and oxygen atoms in total. The fourth-order valence-corrected chi connectivity index (χ4v) is 4.21. The quantitative estimate of drug-likeness (QED) is 0.0530. The van der Waals surface area contributed by atoms with Crippen molar-refractivity contribution in [1.29, 1.82) is 5.26 Å². The maximum Gasteiger partial charge on any atom is 1.00 e. The van der Waals surface area contributed by atoms with Crippen LogP contribution in [0.15, 0.2) is 33.2 Å². The summed E-state index contributed by atoms with van der Waals surface area (Å²) in [6, 6.07) is 5.61. The molecule has 0 aromatic heterocycles. The Balaban J connectivity index is -0.000000809. The Bertz CT molecular complexity index is 1410. The number of rotatable bonds is 16. The zero-order valence-electron chi connectivity index (χ0n) is 30.0. The molecule has 0 saturated heterocycles. The molecular formula is C36H43Br2CuFN3O8. The Labute approximate surface area is 329 Å². The maximum absolute atomic E-state index is 12.2. The van der Waals surface area contributed by atoms with Crippen molar-refractivity contribution in [3.63, 3.8) is 0 Å². The molecule has 2 rings (SSSR count). The third kappa shape index (κ3) is 19.4. The van der Waals surface area contributed by atoms with Gasteiger partial charge in [-0.2, -0.15) is 0 Å².